The summed E-state index contributed by atoms with van der Waals surface area (Å²) in [4.78, 5) is 18.7. The molecular formula is C25H30N2O3S. The van der Waals surface area contributed by atoms with Gasteiger partial charge in [-0.15, -0.1) is 11.3 Å². The summed E-state index contributed by atoms with van der Waals surface area (Å²) in [5, 5.41) is 1.34. The zero-order chi connectivity index (χ0) is 21.8. The summed E-state index contributed by atoms with van der Waals surface area (Å²) < 4.78 is 12.2. The number of likely N-dealkylation sites (N-methyl/N-ethyl adjacent to an activating group) is 1. The largest absolute Gasteiger partial charge is 0.493 e. The molecule has 0 unspecified atom stereocenters. The quantitative estimate of drug-likeness (QED) is 0.494. The Balaban J connectivity index is 1.27. The number of fused-ring (bicyclic) bond motifs is 2. The smallest absolute Gasteiger partial charge is 0.254 e. The van der Waals surface area contributed by atoms with Crippen LogP contribution in [0.15, 0.2) is 42.5 Å². The van der Waals surface area contributed by atoms with Crippen molar-refractivity contribution in [3.05, 3.63) is 58.5 Å². The predicted octanol–water partition coefficient (Wildman–Crippen LogP) is 4.48. The lowest BCUT2D eigenvalue weighted by Crippen LogP contribution is -2.39. The fraction of sp³-hybridized carbons (Fsp3) is 0.400. The maximum atomic E-state index is 13.0. The number of nitrogens with zero attached hydrogens (tertiary/aromatic N) is 2. The summed E-state index contributed by atoms with van der Waals surface area (Å²) in [6.07, 6.45) is 2.83. The van der Waals surface area contributed by atoms with Crippen LogP contribution < -0.4 is 9.47 Å². The van der Waals surface area contributed by atoms with Gasteiger partial charge in [0, 0.05) is 40.3 Å². The molecular weight excluding hydrogens is 408 g/mol. The summed E-state index contributed by atoms with van der Waals surface area (Å²) in [7, 11) is 5.42. The van der Waals surface area contributed by atoms with Gasteiger partial charge in [0.1, 0.15) is 0 Å². The molecule has 0 bridgehead atoms. The van der Waals surface area contributed by atoms with Crippen molar-refractivity contribution < 1.29 is 14.3 Å². The first kappa shape index (κ1) is 21.7. The van der Waals surface area contributed by atoms with Gasteiger partial charge in [-0.1, -0.05) is 18.2 Å². The van der Waals surface area contributed by atoms with Crippen LogP contribution in [0.2, 0.25) is 0 Å². The number of rotatable bonds is 9. The van der Waals surface area contributed by atoms with Crippen LogP contribution in [0.1, 0.15) is 27.2 Å². The van der Waals surface area contributed by atoms with Crippen LogP contribution in [0.25, 0.3) is 10.1 Å². The van der Waals surface area contributed by atoms with E-state index in [4.69, 9.17) is 9.47 Å². The average Bonchev–Trinajstić information content (AvgIpc) is 3.21. The van der Waals surface area contributed by atoms with Gasteiger partial charge in [-0.2, -0.15) is 0 Å². The van der Waals surface area contributed by atoms with Crippen LogP contribution in [0.4, 0.5) is 0 Å². The minimum Gasteiger partial charge on any atom is -0.493 e. The standard InChI is InChI=1S/C25H30N2O3S/c1-26(15-11-19-17-18-7-4-5-8-23(18)31-19)13-6-14-27-16-12-20-21(25(27)28)9-10-22(29-2)24(20)30-3/h4-5,7-10,17H,6,11-16H2,1-3H3. The third kappa shape index (κ3) is 4.70. The molecule has 1 amide bonds. The minimum atomic E-state index is 0.0927. The lowest BCUT2D eigenvalue weighted by molar-refractivity contribution is 0.0731. The maximum absolute atomic E-state index is 13.0. The molecule has 2 aromatic carbocycles. The number of hydrogen-bond acceptors (Lipinski definition) is 5. The third-order valence-electron chi connectivity index (χ3n) is 5.98. The zero-order valence-corrected chi connectivity index (χ0v) is 19.3. The summed E-state index contributed by atoms with van der Waals surface area (Å²) in [6, 6.07) is 14.6. The molecule has 31 heavy (non-hydrogen) atoms. The Morgan fingerprint density at radius 2 is 1.94 bits per heavy atom. The first-order valence-corrected chi connectivity index (χ1v) is 11.6. The first-order chi connectivity index (χ1) is 15.1. The molecule has 1 aromatic heterocycles. The molecule has 0 atom stereocenters. The molecule has 2 heterocycles. The maximum Gasteiger partial charge on any atom is 0.254 e. The monoisotopic (exact) mass is 438 g/mol. The van der Waals surface area contributed by atoms with Gasteiger partial charge < -0.3 is 19.3 Å². The van der Waals surface area contributed by atoms with Gasteiger partial charge >= 0.3 is 0 Å². The summed E-state index contributed by atoms with van der Waals surface area (Å²) in [6.45, 7) is 3.51. The fourth-order valence-electron chi connectivity index (χ4n) is 4.28. The molecule has 3 aromatic rings. The van der Waals surface area contributed by atoms with Crippen molar-refractivity contribution in [1.82, 2.24) is 9.80 Å². The van der Waals surface area contributed by atoms with Crippen molar-refractivity contribution in [2.75, 3.05) is 47.4 Å². The highest BCUT2D eigenvalue weighted by Gasteiger charge is 2.28. The molecule has 0 fully saturated rings. The second-order valence-corrected chi connectivity index (χ2v) is 9.20. The highest BCUT2D eigenvalue weighted by Crippen LogP contribution is 2.36. The van der Waals surface area contributed by atoms with Gasteiger partial charge in [-0.3, -0.25) is 4.79 Å². The van der Waals surface area contributed by atoms with Crippen molar-refractivity contribution in [2.45, 2.75) is 19.3 Å². The van der Waals surface area contributed by atoms with E-state index in [1.165, 1.54) is 15.0 Å². The highest BCUT2D eigenvalue weighted by molar-refractivity contribution is 7.19. The second-order valence-electron chi connectivity index (χ2n) is 8.03. The number of ether oxygens (including phenoxy) is 2. The number of carbonyl (C=O) groups is 1. The Bertz CT molecular complexity index is 1030. The van der Waals surface area contributed by atoms with Crippen molar-refractivity contribution in [1.29, 1.82) is 0 Å². The molecule has 0 saturated carbocycles. The number of hydrogen-bond donors (Lipinski definition) is 0. The van der Waals surface area contributed by atoms with Crippen LogP contribution in [0.5, 0.6) is 11.5 Å². The van der Waals surface area contributed by atoms with Crippen LogP contribution in [-0.2, 0) is 12.8 Å². The first-order valence-electron chi connectivity index (χ1n) is 10.8. The van der Waals surface area contributed by atoms with Crippen LogP contribution in [0, 0.1) is 0 Å². The summed E-state index contributed by atoms with van der Waals surface area (Å²) in [5.74, 6) is 1.46. The Kier molecular flexibility index (Phi) is 6.78. The van der Waals surface area contributed by atoms with Gasteiger partial charge in [0.15, 0.2) is 11.5 Å². The predicted molar refractivity (Wildman–Crippen MR) is 127 cm³/mol. The number of carbonyl (C=O) groups excluding carboxylic acids is 1. The van der Waals surface area contributed by atoms with Crippen molar-refractivity contribution >= 4 is 27.3 Å². The van der Waals surface area contributed by atoms with Crippen molar-refractivity contribution in [3.63, 3.8) is 0 Å². The number of methoxy groups -OCH3 is 2. The minimum absolute atomic E-state index is 0.0927. The number of thiophene rings is 1. The highest BCUT2D eigenvalue weighted by atomic mass is 32.1. The van der Waals surface area contributed by atoms with E-state index in [1.807, 2.05) is 28.4 Å². The SMILES string of the molecule is COc1ccc2c(c1OC)CCN(CCCN(C)CCc1cc3ccccc3s1)C2=O. The lowest BCUT2D eigenvalue weighted by Gasteiger charge is -2.30. The Morgan fingerprint density at radius 1 is 1.10 bits per heavy atom. The molecule has 164 valence electrons. The molecule has 0 saturated heterocycles. The summed E-state index contributed by atoms with van der Waals surface area (Å²) in [5.41, 5.74) is 1.70. The van der Waals surface area contributed by atoms with E-state index in [-0.39, 0.29) is 5.91 Å². The van der Waals surface area contributed by atoms with Crippen molar-refractivity contribution in [3.8, 4) is 11.5 Å². The van der Waals surface area contributed by atoms with E-state index in [0.717, 1.165) is 56.6 Å². The Morgan fingerprint density at radius 3 is 2.71 bits per heavy atom. The van der Waals surface area contributed by atoms with Crippen LogP contribution in [-0.4, -0.2) is 63.2 Å². The van der Waals surface area contributed by atoms with Crippen LogP contribution >= 0.6 is 11.3 Å². The van der Waals surface area contributed by atoms with E-state index in [2.05, 4.69) is 42.3 Å². The fourth-order valence-corrected chi connectivity index (χ4v) is 5.33. The molecule has 1 aliphatic rings. The molecule has 6 heteroatoms. The van der Waals surface area contributed by atoms with Crippen LogP contribution in [0.3, 0.4) is 0 Å². The van der Waals surface area contributed by atoms with E-state index in [1.54, 1.807) is 14.2 Å². The molecule has 1 aliphatic heterocycles. The topological polar surface area (TPSA) is 42.0 Å². The van der Waals surface area contributed by atoms with Gasteiger partial charge in [0.05, 0.1) is 14.2 Å². The van der Waals surface area contributed by atoms with Gasteiger partial charge in [0.25, 0.3) is 5.91 Å². The Labute approximate surface area is 188 Å². The Hall–Kier alpha value is -2.57. The third-order valence-corrected chi connectivity index (χ3v) is 7.16. The van der Waals surface area contributed by atoms with Gasteiger partial charge in [0.2, 0.25) is 0 Å². The lowest BCUT2D eigenvalue weighted by atomic mass is 9.97. The molecule has 0 radical (unpaired) electrons. The second kappa shape index (κ2) is 9.71. The molecule has 0 N–H and O–H groups in total. The van der Waals surface area contributed by atoms with Gasteiger partial charge in [-0.05, 0) is 62.5 Å². The summed E-state index contributed by atoms with van der Waals surface area (Å²) >= 11 is 1.89. The normalized spacial score (nSPS) is 13.7. The van der Waals surface area contributed by atoms with E-state index in [9.17, 15) is 4.79 Å². The zero-order valence-electron chi connectivity index (χ0n) is 18.5. The molecule has 5 nitrogen and oxygen atoms in total. The molecule has 4 rings (SSSR count). The van der Waals surface area contributed by atoms with E-state index < -0.39 is 0 Å². The van der Waals surface area contributed by atoms with E-state index in [0.29, 0.717) is 11.5 Å². The molecule has 0 spiro atoms. The average molecular weight is 439 g/mol. The number of benzene rings is 2. The van der Waals surface area contributed by atoms with E-state index >= 15 is 0 Å². The molecule has 0 aliphatic carbocycles. The van der Waals surface area contributed by atoms with Gasteiger partial charge in [-0.25, -0.2) is 0 Å². The van der Waals surface area contributed by atoms with Crippen molar-refractivity contribution in [2.24, 2.45) is 0 Å². The number of amides is 1.